The molecule has 0 spiro atoms. The molecule has 1 heteroatoms. The average Bonchev–Trinajstić information content (AvgIpc) is 2.23. The van der Waals surface area contributed by atoms with E-state index in [1.807, 2.05) is 0 Å². The van der Waals surface area contributed by atoms with E-state index in [0.717, 1.165) is 0 Å². The van der Waals surface area contributed by atoms with E-state index in [4.69, 9.17) is 0 Å². The van der Waals surface area contributed by atoms with Gasteiger partial charge in [0.2, 0.25) is 0 Å². The smallest absolute Gasteiger partial charge is 0.0861 e. The zero-order valence-electron chi connectivity index (χ0n) is 8.88. The summed E-state index contributed by atoms with van der Waals surface area (Å²) in [7, 11) is 2.16. The van der Waals surface area contributed by atoms with Crippen LogP contribution in [0.15, 0.2) is 36.4 Å². The summed E-state index contributed by atoms with van der Waals surface area (Å²) in [5, 5.41) is 0. The van der Waals surface area contributed by atoms with Crippen LogP contribution in [0.3, 0.4) is 0 Å². The topological polar surface area (TPSA) is 0 Å². The van der Waals surface area contributed by atoms with Gasteiger partial charge < -0.3 is 0 Å². The van der Waals surface area contributed by atoms with Gasteiger partial charge in [-0.3, -0.25) is 0 Å². The Hall–Kier alpha value is -1.24. The molecule has 1 aromatic rings. The molecular formula is C13H15B. The SMILES string of the molecule is Bc1ccc(C2=CC=CCC2)cc1C. The first-order valence-electron chi connectivity index (χ1n) is 5.21. The fourth-order valence-corrected chi connectivity index (χ4v) is 1.78. The lowest BCUT2D eigenvalue weighted by atomic mass is 9.87. The minimum atomic E-state index is 1.18. The summed E-state index contributed by atoms with van der Waals surface area (Å²) in [6.07, 6.45) is 8.98. The van der Waals surface area contributed by atoms with E-state index in [-0.39, 0.29) is 0 Å². The van der Waals surface area contributed by atoms with Crippen LogP contribution in [0.2, 0.25) is 0 Å². The molecule has 14 heavy (non-hydrogen) atoms. The molecule has 1 aliphatic rings. The molecule has 0 saturated carbocycles. The van der Waals surface area contributed by atoms with Crippen molar-refractivity contribution in [3.63, 3.8) is 0 Å². The summed E-state index contributed by atoms with van der Waals surface area (Å²) >= 11 is 0. The van der Waals surface area contributed by atoms with E-state index < -0.39 is 0 Å². The van der Waals surface area contributed by atoms with Crippen molar-refractivity contribution in [1.82, 2.24) is 0 Å². The second-order valence-corrected chi connectivity index (χ2v) is 3.96. The molecule has 1 aliphatic carbocycles. The number of hydrogen-bond donors (Lipinski definition) is 0. The summed E-state index contributed by atoms with van der Waals surface area (Å²) in [5.74, 6) is 0. The average molecular weight is 182 g/mol. The largest absolute Gasteiger partial charge is 0.139 e. The highest BCUT2D eigenvalue weighted by atomic mass is 14.1. The lowest BCUT2D eigenvalue weighted by molar-refractivity contribution is 1.05. The van der Waals surface area contributed by atoms with Crippen LogP contribution in [0, 0.1) is 6.92 Å². The summed E-state index contributed by atoms with van der Waals surface area (Å²) in [6.45, 7) is 2.18. The standard InChI is InChI=1S/C13H15B/c1-10-9-12(7-8-13(10)14)11-5-3-2-4-6-11/h2-3,5,7-9H,4,6,14H2,1H3. The zero-order valence-corrected chi connectivity index (χ0v) is 8.88. The number of aryl methyl sites for hydroxylation is 1. The zero-order chi connectivity index (χ0) is 9.97. The van der Waals surface area contributed by atoms with Gasteiger partial charge in [0.15, 0.2) is 0 Å². The van der Waals surface area contributed by atoms with Crippen molar-refractivity contribution in [3.05, 3.63) is 47.6 Å². The Kier molecular flexibility index (Phi) is 2.58. The predicted octanol–water partition coefficient (Wildman–Crippen LogP) is 1.99. The fourth-order valence-electron chi connectivity index (χ4n) is 1.78. The maximum Gasteiger partial charge on any atom is 0.139 e. The van der Waals surface area contributed by atoms with Gasteiger partial charge in [0.1, 0.15) is 7.85 Å². The predicted molar refractivity (Wildman–Crippen MR) is 65.7 cm³/mol. The van der Waals surface area contributed by atoms with Gasteiger partial charge in [0.05, 0.1) is 0 Å². The van der Waals surface area contributed by atoms with E-state index in [1.165, 1.54) is 35.0 Å². The van der Waals surface area contributed by atoms with Crippen LogP contribution in [0.25, 0.3) is 5.57 Å². The number of hydrogen-bond acceptors (Lipinski definition) is 0. The molecule has 70 valence electrons. The Labute approximate surface area is 86.8 Å². The quantitative estimate of drug-likeness (QED) is 0.582. The van der Waals surface area contributed by atoms with Crippen LogP contribution >= 0.6 is 0 Å². The van der Waals surface area contributed by atoms with Gasteiger partial charge >= 0.3 is 0 Å². The Bertz CT molecular complexity index is 400. The van der Waals surface area contributed by atoms with Crippen molar-refractivity contribution in [2.45, 2.75) is 19.8 Å². The van der Waals surface area contributed by atoms with Crippen LogP contribution in [-0.2, 0) is 0 Å². The van der Waals surface area contributed by atoms with E-state index in [2.05, 4.69) is 51.2 Å². The maximum absolute atomic E-state index is 2.29. The Balaban J connectivity index is 2.37. The van der Waals surface area contributed by atoms with Crippen LogP contribution in [0.1, 0.15) is 24.0 Å². The van der Waals surface area contributed by atoms with E-state index >= 15 is 0 Å². The van der Waals surface area contributed by atoms with E-state index in [0.29, 0.717) is 0 Å². The second-order valence-electron chi connectivity index (χ2n) is 3.96. The van der Waals surface area contributed by atoms with Crippen molar-refractivity contribution < 1.29 is 0 Å². The first-order valence-corrected chi connectivity index (χ1v) is 5.21. The molecule has 0 amide bonds. The van der Waals surface area contributed by atoms with Crippen molar-refractivity contribution >= 4 is 18.9 Å². The lowest BCUT2D eigenvalue weighted by Gasteiger charge is -2.11. The van der Waals surface area contributed by atoms with Gasteiger partial charge in [-0.2, -0.15) is 0 Å². The van der Waals surface area contributed by atoms with E-state index in [9.17, 15) is 0 Å². The van der Waals surface area contributed by atoms with Gasteiger partial charge in [-0.15, -0.1) is 0 Å². The third-order valence-corrected chi connectivity index (χ3v) is 2.89. The molecule has 0 aliphatic heterocycles. The van der Waals surface area contributed by atoms with Crippen LogP contribution in [0.5, 0.6) is 0 Å². The lowest BCUT2D eigenvalue weighted by Crippen LogP contribution is -2.06. The molecule has 0 heterocycles. The molecule has 0 aromatic heterocycles. The Morgan fingerprint density at radius 1 is 1.29 bits per heavy atom. The minimum Gasteiger partial charge on any atom is -0.0861 e. The number of allylic oxidation sites excluding steroid dienone is 4. The Morgan fingerprint density at radius 3 is 2.79 bits per heavy atom. The molecule has 0 N–H and O–H groups in total. The summed E-state index contributed by atoms with van der Waals surface area (Å²) in [4.78, 5) is 0. The second kappa shape index (κ2) is 3.87. The van der Waals surface area contributed by atoms with Crippen LogP contribution < -0.4 is 5.46 Å². The third-order valence-electron chi connectivity index (χ3n) is 2.89. The number of benzene rings is 1. The van der Waals surface area contributed by atoms with Crippen LogP contribution in [-0.4, -0.2) is 7.85 Å². The highest BCUT2D eigenvalue weighted by molar-refractivity contribution is 6.33. The molecule has 1 aromatic carbocycles. The first kappa shape index (κ1) is 9.33. The highest BCUT2D eigenvalue weighted by Gasteiger charge is 2.03. The minimum absolute atomic E-state index is 1.18. The first-order chi connectivity index (χ1) is 6.77. The molecule has 0 bridgehead atoms. The van der Waals surface area contributed by atoms with Gasteiger partial charge in [0.25, 0.3) is 0 Å². The van der Waals surface area contributed by atoms with E-state index in [1.54, 1.807) is 0 Å². The van der Waals surface area contributed by atoms with Gasteiger partial charge in [-0.1, -0.05) is 47.5 Å². The highest BCUT2D eigenvalue weighted by Crippen LogP contribution is 2.23. The van der Waals surface area contributed by atoms with Crippen molar-refractivity contribution in [2.75, 3.05) is 0 Å². The van der Waals surface area contributed by atoms with Crippen molar-refractivity contribution in [3.8, 4) is 0 Å². The monoisotopic (exact) mass is 182 g/mol. The maximum atomic E-state index is 2.29. The molecule has 0 saturated heterocycles. The van der Waals surface area contributed by atoms with Gasteiger partial charge in [0, 0.05) is 0 Å². The summed E-state index contributed by atoms with van der Waals surface area (Å²) < 4.78 is 0. The molecule has 2 rings (SSSR count). The molecule has 0 fully saturated rings. The van der Waals surface area contributed by atoms with Crippen LogP contribution in [0.4, 0.5) is 0 Å². The Morgan fingerprint density at radius 2 is 2.14 bits per heavy atom. The molecule has 0 radical (unpaired) electrons. The third kappa shape index (κ3) is 1.82. The van der Waals surface area contributed by atoms with Gasteiger partial charge in [-0.25, -0.2) is 0 Å². The molecule has 0 atom stereocenters. The molecular weight excluding hydrogens is 167 g/mol. The number of rotatable bonds is 1. The normalized spacial score (nSPS) is 15.4. The van der Waals surface area contributed by atoms with Crippen molar-refractivity contribution in [1.29, 1.82) is 0 Å². The summed E-state index contributed by atoms with van der Waals surface area (Å²) in [5.41, 5.74) is 5.62. The molecule has 0 nitrogen and oxygen atoms in total. The fraction of sp³-hybridized carbons (Fsp3) is 0.231. The van der Waals surface area contributed by atoms with Gasteiger partial charge in [-0.05, 0) is 30.9 Å². The summed E-state index contributed by atoms with van der Waals surface area (Å²) in [6, 6.07) is 6.73. The molecule has 0 unspecified atom stereocenters. The van der Waals surface area contributed by atoms with Crippen molar-refractivity contribution in [2.24, 2.45) is 0 Å².